The predicted octanol–water partition coefficient (Wildman–Crippen LogP) is 3.29. The molecule has 3 aromatic rings. The number of amides is 2. The minimum Gasteiger partial charge on any atom is -0.507 e. The van der Waals surface area contributed by atoms with Crippen LogP contribution in [0, 0.1) is 0 Å². The topological polar surface area (TPSA) is 90.8 Å². The van der Waals surface area contributed by atoms with Gasteiger partial charge in [-0.3, -0.25) is 9.59 Å². The number of anilines is 1. The molecule has 3 N–H and O–H groups in total. The van der Waals surface area contributed by atoms with Crippen molar-refractivity contribution >= 4 is 46.1 Å². The van der Waals surface area contributed by atoms with Gasteiger partial charge in [0, 0.05) is 5.56 Å². The van der Waals surface area contributed by atoms with Gasteiger partial charge in [-0.25, -0.2) is 5.43 Å². The van der Waals surface area contributed by atoms with Crippen molar-refractivity contribution in [2.75, 3.05) is 5.32 Å². The van der Waals surface area contributed by atoms with E-state index in [9.17, 15) is 14.7 Å². The first-order chi connectivity index (χ1) is 12.6. The Hall–Kier alpha value is -3.38. The van der Waals surface area contributed by atoms with Crippen LogP contribution in [-0.4, -0.2) is 23.1 Å². The van der Waals surface area contributed by atoms with Gasteiger partial charge in [0.1, 0.15) is 5.75 Å². The summed E-state index contributed by atoms with van der Waals surface area (Å²) in [5.41, 5.74) is 2.89. The Morgan fingerprint density at radius 2 is 1.69 bits per heavy atom. The van der Waals surface area contributed by atoms with Crippen LogP contribution in [0.3, 0.4) is 0 Å². The zero-order valence-corrected chi connectivity index (χ0v) is 14.2. The van der Waals surface area contributed by atoms with Crippen LogP contribution in [0.5, 0.6) is 5.75 Å². The number of phenols is 1. The van der Waals surface area contributed by atoms with Gasteiger partial charge in [-0.05, 0) is 29.0 Å². The van der Waals surface area contributed by atoms with E-state index in [0.717, 1.165) is 10.8 Å². The van der Waals surface area contributed by atoms with Crippen LogP contribution in [0.2, 0.25) is 5.02 Å². The maximum Gasteiger partial charge on any atom is 0.329 e. The molecule has 2 amide bonds. The molecule has 7 heteroatoms. The first-order valence-electron chi connectivity index (χ1n) is 7.66. The molecule has 0 atom stereocenters. The first-order valence-corrected chi connectivity index (χ1v) is 8.03. The number of halogens is 1. The number of fused-ring (bicyclic) bond motifs is 1. The van der Waals surface area contributed by atoms with Gasteiger partial charge < -0.3 is 10.4 Å². The molecule has 0 aliphatic carbocycles. The van der Waals surface area contributed by atoms with E-state index in [2.05, 4.69) is 15.8 Å². The number of carbonyl (C=O) groups is 2. The van der Waals surface area contributed by atoms with E-state index in [1.54, 1.807) is 30.3 Å². The number of benzene rings is 3. The van der Waals surface area contributed by atoms with Gasteiger partial charge in [0.15, 0.2) is 0 Å². The van der Waals surface area contributed by atoms with Crippen LogP contribution < -0.4 is 10.7 Å². The molecule has 0 aromatic heterocycles. The smallest absolute Gasteiger partial charge is 0.329 e. The van der Waals surface area contributed by atoms with Crippen molar-refractivity contribution in [3.8, 4) is 5.75 Å². The third-order valence-electron chi connectivity index (χ3n) is 3.64. The summed E-state index contributed by atoms with van der Waals surface area (Å²) in [6.45, 7) is 0. The average Bonchev–Trinajstić information content (AvgIpc) is 2.65. The summed E-state index contributed by atoms with van der Waals surface area (Å²) in [7, 11) is 0. The zero-order chi connectivity index (χ0) is 18.5. The number of hydrazone groups is 1. The first kappa shape index (κ1) is 17.4. The Bertz CT molecular complexity index is 1020. The van der Waals surface area contributed by atoms with Gasteiger partial charge in [-0.15, -0.1) is 0 Å². The van der Waals surface area contributed by atoms with Crippen LogP contribution in [0.4, 0.5) is 5.69 Å². The van der Waals surface area contributed by atoms with Crippen molar-refractivity contribution in [1.82, 2.24) is 5.43 Å². The number of nitrogens with one attached hydrogen (secondary N) is 2. The quantitative estimate of drug-likeness (QED) is 0.377. The summed E-state index contributed by atoms with van der Waals surface area (Å²) < 4.78 is 0. The monoisotopic (exact) mass is 367 g/mol. The van der Waals surface area contributed by atoms with Gasteiger partial charge in [0.05, 0.1) is 16.9 Å². The molecule has 0 heterocycles. The largest absolute Gasteiger partial charge is 0.507 e. The van der Waals surface area contributed by atoms with Crippen molar-refractivity contribution in [1.29, 1.82) is 0 Å². The molecular weight excluding hydrogens is 354 g/mol. The number of phenolic OH excluding ortho intramolecular Hbond substituents is 1. The summed E-state index contributed by atoms with van der Waals surface area (Å²) in [6.07, 6.45) is 1.29. The maximum absolute atomic E-state index is 11.9. The summed E-state index contributed by atoms with van der Waals surface area (Å²) in [5.74, 6) is -1.85. The minimum absolute atomic E-state index is 0.0159. The lowest BCUT2D eigenvalue weighted by Gasteiger charge is -2.06. The molecule has 0 aliphatic heterocycles. The van der Waals surface area contributed by atoms with E-state index in [0.29, 0.717) is 16.3 Å². The molecule has 3 rings (SSSR count). The highest BCUT2D eigenvalue weighted by Gasteiger charge is 2.14. The lowest BCUT2D eigenvalue weighted by atomic mass is 10.0. The van der Waals surface area contributed by atoms with Gasteiger partial charge in [-0.1, -0.05) is 54.1 Å². The molecule has 6 nitrogen and oxygen atoms in total. The van der Waals surface area contributed by atoms with Crippen molar-refractivity contribution in [3.63, 3.8) is 0 Å². The SMILES string of the molecule is O=C(NN=Cc1c(O)ccc2ccccc12)C(=O)Nc1ccccc1Cl. The summed E-state index contributed by atoms with van der Waals surface area (Å²) in [4.78, 5) is 23.7. The average molecular weight is 368 g/mol. The lowest BCUT2D eigenvalue weighted by molar-refractivity contribution is -0.136. The lowest BCUT2D eigenvalue weighted by Crippen LogP contribution is -2.32. The number of carbonyl (C=O) groups excluding carboxylic acids is 2. The fourth-order valence-corrected chi connectivity index (χ4v) is 2.55. The number of para-hydroxylation sites is 1. The summed E-state index contributed by atoms with van der Waals surface area (Å²) >= 11 is 5.93. The molecule has 0 radical (unpaired) electrons. The maximum atomic E-state index is 11.9. The summed E-state index contributed by atoms with van der Waals surface area (Å²) in [5, 5.41) is 18.2. The van der Waals surface area contributed by atoms with E-state index in [1.165, 1.54) is 12.3 Å². The van der Waals surface area contributed by atoms with Gasteiger partial charge in [0.25, 0.3) is 0 Å². The third kappa shape index (κ3) is 3.81. The summed E-state index contributed by atoms with van der Waals surface area (Å²) in [6, 6.07) is 17.3. The highest BCUT2D eigenvalue weighted by atomic mass is 35.5. The molecule has 0 fully saturated rings. The molecule has 0 unspecified atom stereocenters. The van der Waals surface area contributed by atoms with Crippen LogP contribution in [0.1, 0.15) is 5.56 Å². The molecule has 0 bridgehead atoms. The number of hydrogen-bond acceptors (Lipinski definition) is 4. The zero-order valence-electron chi connectivity index (χ0n) is 13.4. The fraction of sp³-hybridized carbons (Fsp3) is 0. The van der Waals surface area contributed by atoms with Crippen LogP contribution in [0.15, 0.2) is 65.8 Å². The van der Waals surface area contributed by atoms with E-state index in [-0.39, 0.29) is 5.75 Å². The molecule has 130 valence electrons. The van der Waals surface area contributed by atoms with E-state index in [1.807, 2.05) is 24.3 Å². The molecule has 0 saturated carbocycles. The van der Waals surface area contributed by atoms with Crippen molar-refractivity contribution in [2.24, 2.45) is 5.10 Å². The highest BCUT2D eigenvalue weighted by molar-refractivity contribution is 6.41. The number of hydrogen-bond donors (Lipinski definition) is 3. The van der Waals surface area contributed by atoms with Crippen LogP contribution in [-0.2, 0) is 9.59 Å². The molecule has 26 heavy (non-hydrogen) atoms. The Morgan fingerprint density at radius 3 is 2.50 bits per heavy atom. The Morgan fingerprint density at radius 1 is 0.962 bits per heavy atom. The molecular formula is C19H14ClN3O3. The highest BCUT2D eigenvalue weighted by Crippen LogP contribution is 2.25. The number of rotatable bonds is 3. The fourth-order valence-electron chi connectivity index (χ4n) is 2.37. The molecule has 0 aliphatic rings. The second-order valence-corrected chi connectivity index (χ2v) is 5.76. The second-order valence-electron chi connectivity index (χ2n) is 5.35. The Balaban J connectivity index is 1.71. The van der Waals surface area contributed by atoms with E-state index < -0.39 is 11.8 Å². The standard InChI is InChI=1S/C19H14ClN3O3/c20-15-7-3-4-8-16(15)22-18(25)19(26)23-21-11-14-13-6-2-1-5-12(13)9-10-17(14)24/h1-11,24H,(H,22,25)(H,23,26). The number of nitrogens with zero attached hydrogens (tertiary/aromatic N) is 1. The van der Waals surface area contributed by atoms with Crippen molar-refractivity contribution in [3.05, 3.63) is 71.2 Å². The van der Waals surface area contributed by atoms with E-state index in [4.69, 9.17) is 11.6 Å². The van der Waals surface area contributed by atoms with Crippen molar-refractivity contribution < 1.29 is 14.7 Å². The second kappa shape index (κ2) is 7.67. The predicted molar refractivity (Wildman–Crippen MR) is 101 cm³/mol. The van der Waals surface area contributed by atoms with Gasteiger partial charge >= 0.3 is 11.8 Å². The Kier molecular flexibility index (Phi) is 5.15. The van der Waals surface area contributed by atoms with Crippen LogP contribution in [0.25, 0.3) is 10.8 Å². The molecule has 0 saturated heterocycles. The van der Waals surface area contributed by atoms with Crippen LogP contribution >= 0.6 is 11.6 Å². The van der Waals surface area contributed by atoms with Gasteiger partial charge in [-0.2, -0.15) is 5.10 Å². The normalized spacial score (nSPS) is 10.8. The van der Waals surface area contributed by atoms with E-state index >= 15 is 0 Å². The number of aromatic hydroxyl groups is 1. The van der Waals surface area contributed by atoms with Crippen molar-refractivity contribution in [2.45, 2.75) is 0 Å². The molecule has 0 spiro atoms. The Labute approximate surface area is 154 Å². The molecule has 3 aromatic carbocycles. The minimum atomic E-state index is -0.958. The van der Waals surface area contributed by atoms with Gasteiger partial charge in [0.2, 0.25) is 0 Å². The third-order valence-corrected chi connectivity index (χ3v) is 3.97.